The molecule has 0 aromatic heterocycles. The highest BCUT2D eigenvalue weighted by Crippen LogP contribution is 2.37. The van der Waals surface area contributed by atoms with Crippen molar-refractivity contribution in [2.75, 3.05) is 0 Å². The van der Waals surface area contributed by atoms with Crippen molar-refractivity contribution in [1.82, 2.24) is 0 Å². The highest BCUT2D eigenvalue weighted by Gasteiger charge is 2.24. The van der Waals surface area contributed by atoms with Crippen LogP contribution >= 0.6 is 0 Å². The SMILES string of the molecule is CC=CC1CCC(c2ccc(C)c(F)c2F)CC1. The molecular weight excluding hydrogens is 230 g/mol. The Labute approximate surface area is 108 Å². The first-order valence-corrected chi connectivity index (χ1v) is 6.70. The van der Waals surface area contributed by atoms with Crippen LogP contribution in [-0.4, -0.2) is 0 Å². The van der Waals surface area contributed by atoms with Gasteiger partial charge in [0.1, 0.15) is 0 Å². The molecule has 1 fully saturated rings. The second-order valence-electron chi connectivity index (χ2n) is 5.24. The van der Waals surface area contributed by atoms with E-state index in [4.69, 9.17) is 0 Å². The summed E-state index contributed by atoms with van der Waals surface area (Å²) in [7, 11) is 0. The van der Waals surface area contributed by atoms with Gasteiger partial charge >= 0.3 is 0 Å². The van der Waals surface area contributed by atoms with Crippen LogP contribution in [0.2, 0.25) is 0 Å². The first-order chi connectivity index (χ1) is 8.63. The Morgan fingerprint density at radius 3 is 2.33 bits per heavy atom. The van der Waals surface area contributed by atoms with Crippen LogP contribution in [0.5, 0.6) is 0 Å². The van der Waals surface area contributed by atoms with Crippen molar-refractivity contribution < 1.29 is 8.78 Å². The Bertz CT molecular complexity index is 441. The third kappa shape index (κ3) is 2.63. The first kappa shape index (κ1) is 13.3. The Morgan fingerprint density at radius 2 is 1.72 bits per heavy atom. The molecule has 1 aliphatic rings. The minimum absolute atomic E-state index is 0.182. The fourth-order valence-corrected chi connectivity index (χ4v) is 2.87. The molecule has 2 heteroatoms. The molecule has 2 rings (SSSR count). The number of rotatable bonds is 2. The molecule has 98 valence electrons. The van der Waals surface area contributed by atoms with Gasteiger partial charge in [-0.1, -0.05) is 24.3 Å². The summed E-state index contributed by atoms with van der Waals surface area (Å²) in [6.07, 6.45) is 8.36. The number of aryl methyl sites for hydroxylation is 1. The van der Waals surface area contributed by atoms with E-state index in [1.807, 2.05) is 6.92 Å². The summed E-state index contributed by atoms with van der Waals surface area (Å²) in [5.41, 5.74) is 0.955. The Balaban J connectivity index is 2.13. The summed E-state index contributed by atoms with van der Waals surface area (Å²) in [4.78, 5) is 0. The molecule has 0 atom stereocenters. The van der Waals surface area contributed by atoms with Gasteiger partial charge in [-0.25, -0.2) is 8.78 Å². The van der Waals surface area contributed by atoms with Gasteiger partial charge < -0.3 is 0 Å². The van der Waals surface area contributed by atoms with E-state index in [1.165, 1.54) is 0 Å². The van der Waals surface area contributed by atoms with E-state index in [9.17, 15) is 8.78 Å². The van der Waals surface area contributed by atoms with Crippen LogP contribution in [-0.2, 0) is 0 Å². The summed E-state index contributed by atoms with van der Waals surface area (Å²) >= 11 is 0. The maximum Gasteiger partial charge on any atom is 0.162 e. The normalized spacial score (nSPS) is 24.7. The van der Waals surface area contributed by atoms with E-state index in [2.05, 4.69) is 12.2 Å². The van der Waals surface area contributed by atoms with Gasteiger partial charge in [-0.3, -0.25) is 0 Å². The Hall–Kier alpha value is -1.18. The van der Waals surface area contributed by atoms with Crippen LogP contribution < -0.4 is 0 Å². The number of hydrogen-bond donors (Lipinski definition) is 0. The maximum atomic E-state index is 13.9. The zero-order chi connectivity index (χ0) is 13.1. The molecule has 0 heterocycles. The largest absolute Gasteiger partial charge is 0.203 e. The minimum Gasteiger partial charge on any atom is -0.203 e. The second kappa shape index (κ2) is 5.64. The van der Waals surface area contributed by atoms with Crippen LogP contribution in [0, 0.1) is 24.5 Å². The van der Waals surface area contributed by atoms with E-state index < -0.39 is 11.6 Å². The molecular formula is C16H20F2. The average molecular weight is 250 g/mol. The summed E-state index contributed by atoms with van der Waals surface area (Å²) in [5, 5.41) is 0. The quantitative estimate of drug-likeness (QED) is 0.639. The van der Waals surface area contributed by atoms with Crippen molar-refractivity contribution in [3.8, 4) is 0 Å². The topological polar surface area (TPSA) is 0 Å². The Morgan fingerprint density at radius 1 is 1.06 bits per heavy atom. The Kier molecular flexibility index (Phi) is 4.15. The smallest absolute Gasteiger partial charge is 0.162 e. The zero-order valence-corrected chi connectivity index (χ0v) is 11.0. The lowest BCUT2D eigenvalue weighted by Gasteiger charge is -2.27. The highest BCUT2D eigenvalue weighted by atomic mass is 19.2. The second-order valence-corrected chi connectivity index (χ2v) is 5.24. The number of benzene rings is 1. The third-order valence-corrected chi connectivity index (χ3v) is 3.98. The summed E-state index contributed by atoms with van der Waals surface area (Å²) in [5.74, 6) is -0.515. The van der Waals surface area contributed by atoms with Gasteiger partial charge in [-0.15, -0.1) is 0 Å². The fourth-order valence-electron chi connectivity index (χ4n) is 2.87. The van der Waals surface area contributed by atoms with Gasteiger partial charge in [0, 0.05) is 0 Å². The molecule has 0 spiro atoms. The van der Waals surface area contributed by atoms with Gasteiger partial charge in [0.05, 0.1) is 0 Å². The van der Waals surface area contributed by atoms with Crippen molar-refractivity contribution in [2.45, 2.75) is 45.4 Å². The molecule has 0 aliphatic heterocycles. The lowest BCUT2D eigenvalue weighted by atomic mass is 9.78. The average Bonchev–Trinajstić information content (AvgIpc) is 2.38. The first-order valence-electron chi connectivity index (χ1n) is 6.70. The fraction of sp³-hybridized carbons (Fsp3) is 0.500. The van der Waals surface area contributed by atoms with Gasteiger partial charge in [-0.2, -0.15) is 0 Å². The predicted octanol–water partition coefficient (Wildman–Crippen LogP) is 5.12. The van der Waals surface area contributed by atoms with Crippen molar-refractivity contribution in [3.05, 3.63) is 47.0 Å². The molecule has 1 aliphatic carbocycles. The summed E-state index contributed by atoms with van der Waals surface area (Å²) < 4.78 is 27.5. The van der Waals surface area contributed by atoms with Gasteiger partial charge in [0.25, 0.3) is 0 Å². The molecule has 0 saturated heterocycles. The minimum atomic E-state index is -0.678. The van der Waals surface area contributed by atoms with E-state index in [0.29, 0.717) is 17.0 Å². The molecule has 18 heavy (non-hydrogen) atoms. The lowest BCUT2D eigenvalue weighted by Crippen LogP contribution is -2.13. The number of halogens is 2. The van der Waals surface area contributed by atoms with Crippen molar-refractivity contribution in [3.63, 3.8) is 0 Å². The molecule has 0 unspecified atom stereocenters. The zero-order valence-electron chi connectivity index (χ0n) is 11.0. The van der Waals surface area contributed by atoms with Crippen molar-refractivity contribution in [2.24, 2.45) is 5.92 Å². The number of hydrogen-bond acceptors (Lipinski definition) is 0. The van der Waals surface area contributed by atoms with Crippen LogP contribution in [0.15, 0.2) is 24.3 Å². The van der Waals surface area contributed by atoms with E-state index in [-0.39, 0.29) is 5.92 Å². The lowest BCUT2D eigenvalue weighted by molar-refractivity contribution is 0.363. The standard InChI is InChI=1S/C16H20F2/c1-3-4-12-6-8-13(9-7-12)14-10-5-11(2)15(17)16(14)18/h3-5,10,12-13H,6-9H2,1-2H3. The molecule has 0 bridgehead atoms. The van der Waals surface area contributed by atoms with Crippen LogP contribution in [0.3, 0.4) is 0 Å². The molecule has 0 amide bonds. The van der Waals surface area contributed by atoms with Gasteiger partial charge in [0.15, 0.2) is 11.6 Å². The van der Waals surface area contributed by atoms with Crippen LogP contribution in [0.25, 0.3) is 0 Å². The van der Waals surface area contributed by atoms with E-state index in [0.717, 1.165) is 25.7 Å². The van der Waals surface area contributed by atoms with Crippen molar-refractivity contribution >= 4 is 0 Å². The van der Waals surface area contributed by atoms with Crippen LogP contribution in [0.4, 0.5) is 8.78 Å². The summed E-state index contributed by atoms with van der Waals surface area (Å²) in [6.45, 7) is 3.63. The van der Waals surface area contributed by atoms with Gasteiger partial charge in [-0.05, 0) is 62.5 Å². The van der Waals surface area contributed by atoms with Crippen LogP contribution in [0.1, 0.15) is 49.7 Å². The molecule has 0 N–H and O–H groups in total. The molecule has 1 aromatic rings. The predicted molar refractivity (Wildman–Crippen MR) is 70.6 cm³/mol. The molecule has 1 aromatic carbocycles. The third-order valence-electron chi connectivity index (χ3n) is 3.98. The monoisotopic (exact) mass is 250 g/mol. The van der Waals surface area contributed by atoms with Gasteiger partial charge in [0.2, 0.25) is 0 Å². The molecule has 0 nitrogen and oxygen atoms in total. The maximum absolute atomic E-state index is 13.9. The summed E-state index contributed by atoms with van der Waals surface area (Å²) in [6, 6.07) is 3.44. The van der Waals surface area contributed by atoms with Crippen molar-refractivity contribution in [1.29, 1.82) is 0 Å². The molecule has 1 saturated carbocycles. The highest BCUT2D eigenvalue weighted by molar-refractivity contribution is 5.28. The molecule has 0 radical (unpaired) electrons. The number of allylic oxidation sites excluding steroid dienone is 2. The van der Waals surface area contributed by atoms with E-state index >= 15 is 0 Å². The van der Waals surface area contributed by atoms with E-state index in [1.54, 1.807) is 19.1 Å².